The van der Waals surface area contributed by atoms with Crippen LogP contribution in [0.15, 0.2) is 60.7 Å². The minimum atomic E-state index is -5.17. The molecule has 5 rings (SSSR count). The zero-order valence-corrected chi connectivity index (χ0v) is 28.8. The minimum absolute atomic E-state index is 0.00345. The predicted molar refractivity (Wildman–Crippen MR) is 173 cm³/mol. The predicted octanol–water partition coefficient (Wildman–Crippen LogP) is -3.49. The molecule has 0 unspecified atom stereocenters. The van der Waals surface area contributed by atoms with Crippen LogP contribution < -0.4 is 10.6 Å². The summed E-state index contributed by atoms with van der Waals surface area (Å²) in [6.45, 7) is -0.537. The van der Waals surface area contributed by atoms with Crippen LogP contribution in [-0.2, 0) is 38.3 Å². The average Bonchev–Trinajstić information content (AvgIpc) is 3.13. The number of ether oxygens (including phenoxy) is 5. The van der Waals surface area contributed by atoms with E-state index in [2.05, 4.69) is 14.8 Å². The van der Waals surface area contributed by atoms with Crippen LogP contribution in [0.25, 0.3) is 0 Å². The summed E-state index contributed by atoms with van der Waals surface area (Å²) >= 11 is 0. The lowest BCUT2D eigenvalue weighted by Crippen LogP contribution is -2.78. The standard InChI is InChI=1S/C32H42N2O18S/c1-15-22(37)24(39)25(40)30(47-15)51-27-26(50-21-12-18(52-53(44,45)46)23(38)19(13-35)48-21)20(14-36)49-31(33-28(41)16-8-4-2-5-9-16)32(27,43)34-29(42)17-10-6-3-7-11-17/h2-11,15,18-27,30-31,35-40,43H,12-14H2,1H3,(H,33,41)(H,34,42)(H,44,45,46)/t15-,18+,19+,20+,21-,22+,23+,24+,25-,26+,27-,30-,31+,32+/m0/s1. The van der Waals surface area contributed by atoms with E-state index in [9.17, 15) is 58.3 Å². The molecule has 3 aliphatic heterocycles. The third-order valence-electron chi connectivity index (χ3n) is 8.97. The number of carbonyl (C=O) groups is 2. The first-order valence-corrected chi connectivity index (χ1v) is 17.8. The first kappa shape index (κ1) is 40.9. The molecule has 2 amide bonds. The molecule has 0 bridgehead atoms. The molecule has 2 aromatic rings. The van der Waals surface area contributed by atoms with Crippen LogP contribution in [0.4, 0.5) is 0 Å². The molecule has 10 N–H and O–H groups in total. The monoisotopic (exact) mass is 774 g/mol. The van der Waals surface area contributed by atoms with Crippen molar-refractivity contribution in [2.24, 2.45) is 0 Å². The smallest absolute Gasteiger partial charge is 0.394 e. The Morgan fingerprint density at radius 3 is 1.96 bits per heavy atom. The van der Waals surface area contributed by atoms with E-state index in [0.717, 1.165) is 0 Å². The lowest BCUT2D eigenvalue weighted by Gasteiger charge is -2.53. The van der Waals surface area contributed by atoms with Crippen molar-refractivity contribution in [3.05, 3.63) is 71.8 Å². The molecular weight excluding hydrogens is 732 g/mol. The van der Waals surface area contributed by atoms with E-state index in [1.54, 1.807) is 24.3 Å². The number of rotatable bonds is 12. The highest BCUT2D eigenvalue weighted by Crippen LogP contribution is 2.37. The second-order valence-corrected chi connectivity index (χ2v) is 13.7. The SMILES string of the molecule is C[C@@H]1O[C@@H](O[C@H]2[C@H](O[C@H]3C[C@@H](OS(=O)(=O)O)[C@@H](O)[C@@H](CO)O3)[C@@H](CO)O[C@@H](NC(=O)c3ccccc3)[C@@]2(O)NC(=O)c2ccccc2)[C@@H](O)[C@H](O)[C@@H]1O. The molecule has 2 aromatic carbocycles. The van der Waals surface area contributed by atoms with Crippen molar-refractivity contribution < 1.29 is 86.2 Å². The fourth-order valence-electron chi connectivity index (χ4n) is 6.19. The van der Waals surface area contributed by atoms with Crippen molar-refractivity contribution in [3.8, 4) is 0 Å². The number of benzene rings is 2. The lowest BCUT2D eigenvalue weighted by molar-refractivity contribution is -0.379. The molecule has 53 heavy (non-hydrogen) atoms. The van der Waals surface area contributed by atoms with Gasteiger partial charge in [-0.05, 0) is 31.2 Å². The number of hydrogen-bond acceptors (Lipinski definition) is 17. The summed E-state index contributed by atoms with van der Waals surface area (Å²) in [5.74, 6) is -1.79. The van der Waals surface area contributed by atoms with Gasteiger partial charge in [-0.25, -0.2) is 4.18 Å². The Labute approximate surface area is 302 Å². The van der Waals surface area contributed by atoms with Gasteiger partial charge in [0.2, 0.25) is 5.72 Å². The van der Waals surface area contributed by atoms with Gasteiger partial charge >= 0.3 is 10.4 Å². The average molecular weight is 775 g/mol. The molecule has 20 nitrogen and oxygen atoms in total. The number of hydrogen-bond donors (Lipinski definition) is 10. The van der Waals surface area contributed by atoms with Crippen molar-refractivity contribution in [1.29, 1.82) is 0 Å². The maximum atomic E-state index is 13.7. The van der Waals surface area contributed by atoms with Crippen molar-refractivity contribution in [3.63, 3.8) is 0 Å². The van der Waals surface area contributed by atoms with Crippen molar-refractivity contribution in [1.82, 2.24) is 10.6 Å². The third kappa shape index (κ3) is 9.36. The largest absolute Gasteiger partial charge is 0.397 e. The highest BCUT2D eigenvalue weighted by molar-refractivity contribution is 7.80. The third-order valence-corrected chi connectivity index (χ3v) is 9.46. The van der Waals surface area contributed by atoms with Crippen LogP contribution >= 0.6 is 0 Å². The Bertz CT molecular complexity index is 1640. The molecule has 3 aliphatic rings. The van der Waals surface area contributed by atoms with Gasteiger partial charge in [-0.1, -0.05) is 36.4 Å². The molecule has 294 valence electrons. The van der Waals surface area contributed by atoms with Crippen LogP contribution in [0.1, 0.15) is 34.1 Å². The molecular formula is C32H42N2O18S. The van der Waals surface area contributed by atoms with Gasteiger partial charge in [-0.15, -0.1) is 0 Å². The number of aliphatic hydroxyl groups excluding tert-OH is 6. The fourth-order valence-corrected chi connectivity index (χ4v) is 6.69. The van der Waals surface area contributed by atoms with Gasteiger partial charge in [0.1, 0.15) is 54.9 Å². The Morgan fingerprint density at radius 1 is 0.811 bits per heavy atom. The van der Waals surface area contributed by atoms with Crippen molar-refractivity contribution in [2.75, 3.05) is 13.2 Å². The van der Waals surface area contributed by atoms with Gasteiger partial charge in [-0.3, -0.25) is 14.1 Å². The molecule has 0 saturated carbocycles. The van der Waals surface area contributed by atoms with E-state index in [1.165, 1.54) is 43.3 Å². The highest BCUT2D eigenvalue weighted by atomic mass is 32.3. The molecule has 21 heteroatoms. The van der Waals surface area contributed by atoms with E-state index in [-0.39, 0.29) is 11.1 Å². The van der Waals surface area contributed by atoms with Gasteiger partial charge in [-0.2, -0.15) is 8.42 Å². The van der Waals surface area contributed by atoms with E-state index in [0.29, 0.717) is 0 Å². The molecule has 3 saturated heterocycles. The van der Waals surface area contributed by atoms with Crippen molar-refractivity contribution in [2.45, 2.75) is 98.9 Å². The summed E-state index contributed by atoms with van der Waals surface area (Å²) in [5, 5.41) is 80.2. The minimum Gasteiger partial charge on any atom is -0.394 e. The second kappa shape index (κ2) is 17.1. The molecule has 14 atom stereocenters. The van der Waals surface area contributed by atoms with Crippen LogP contribution in [0, 0.1) is 0 Å². The number of aliphatic hydroxyl groups is 7. The highest BCUT2D eigenvalue weighted by Gasteiger charge is 2.61. The molecule has 0 spiro atoms. The maximum absolute atomic E-state index is 13.7. The first-order chi connectivity index (χ1) is 25.1. The normalized spacial score (nSPS) is 37.8. The summed E-state index contributed by atoms with van der Waals surface area (Å²) in [6.07, 6.45) is -23.7. The molecule has 3 heterocycles. The van der Waals surface area contributed by atoms with E-state index >= 15 is 0 Å². The maximum Gasteiger partial charge on any atom is 0.397 e. The zero-order valence-electron chi connectivity index (χ0n) is 28.0. The number of nitrogens with one attached hydrogen (secondary N) is 2. The summed E-state index contributed by atoms with van der Waals surface area (Å²) in [4.78, 5) is 27.1. The van der Waals surface area contributed by atoms with E-state index < -0.39 is 127 Å². The lowest BCUT2D eigenvalue weighted by atomic mass is 9.90. The zero-order chi connectivity index (χ0) is 38.7. The Balaban J connectivity index is 1.59. The van der Waals surface area contributed by atoms with E-state index in [4.69, 9.17) is 23.7 Å². The Hall–Kier alpha value is -3.23. The van der Waals surface area contributed by atoms with E-state index in [1.807, 2.05) is 0 Å². The fraction of sp³-hybridized carbons (Fsp3) is 0.562. The first-order valence-electron chi connectivity index (χ1n) is 16.4. The van der Waals surface area contributed by atoms with Gasteiger partial charge < -0.3 is 70.1 Å². The number of amides is 2. The topological polar surface area (TPSA) is 310 Å². The van der Waals surface area contributed by atoms with Crippen LogP contribution in [0.3, 0.4) is 0 Å². The molecule has 0 aromatic heterocycles. The number of carbonyl (C=O) groups excluding carboxylic acids is 2. The quantitative estimate of drug-likeness (QED) is 0.0739. The Kier molecular flexibility index (Phi) is 13.2. The molecule has 3 fully saturated rings. The summed E-state index contributed by atoms with van der Waals surface area (Å²) < 4.78 is 66.3. The van der Waals surface area contributed by atoms with Gasteiger partial charge in [0.05, 0.1) is 19.3 Å². The molecule has 0 aliphatic carbocycles. The summed E-state index contributed by atoms with van der Waals surface area (Å²) in [5.41, 5.74) is -2.87. The summed E-state index contributed by atoms with van der Waals surface area (Å²) in [6, 6.07) is 15.0. The van der Waals surface area contributed by atoms with Gasteiger partial charge in [0.25, 0.3) is 11.8 Å². The Morgan fingerprint density at radius 2 is 1.40 bits per heavy atom. The van der Waals surface area contributed by atoms with Crippen LogP contribution in [0.5, 0.6) is 0 Å². The van der Waals surface area contributed by atoms with Crippen LogP contribution in [0.2, 0.25) is 0 Å². The summed E-state index contributed by atoms with van der Waals surface area (Å²) in [7, 11) is -5.17. The van der Waals surface area contributed by atoms with Gasteiger partial charge in [0.15, 0.2) is 18.8 Å². The molecule has 0 radical (unpaired) electrons. The van der Waals surface area contributed by atoms with Crippen LogP contribution in [-0.4, -0.2) is 159 Å². The van der Waals surface area contributed by atoms with Crippen molar-refractivity contribution >= 4 is 22.2 Å². The second-order valence-electron chi connectivity index (χ2n) is 12.6. The van der Waals surface area contributed by atoms with Gasteiger partial charge in [0, 0.05) is 17.5 Å².